The lowest BCUT2D eigenvalue weighted by Crippen LogP contribution is -2.54. The van der Waals surface area contributed by atoms with Crippen LogP contribution in [0.5, 0.6) is 11.9 Å². The molecule has 0 bridgehead atoms. The van der Waals surface area contributed by atoms with E-state index in [9.17, 15) is 45.9 Å². The quantitative estimate of drug-likeness (QED) is 0.0917. The summed E-state index contributed by atoms with van der Waals surface area (Å²) in [5.41, 5.74) is 1.04. The van der Waals surface area contributed by atoms with Gasteiger partial charge in [-0.3, -0.25) is 39.1 Å². The molecule has 6 aliphatic rings. The Morgan fingerprint density at radius 1 is 0.840 bits per heavy atom. The van der Waals surface area contributed by atoms with Gasteiger partial charge in [0, 0.05) is 93.9 Å². The largest absolute Gasteiger partial charge is 0.469 e. The first kappa shape index (κ1) is 51.5. The molecular weight excluding hydrogens is 995 g/mol. The Hall–Kier alpha value is -6.95. The summed E-state index contributed by atoms with van der Waals surface area (Å²) in [6.45, 7) is 3.67. The summed E-state index contributed by atoms with van der Waals surface area (Å²) in [4.78, 5) is 87.7. The molecule has 5 amide bonds. The van der Waals surface area contributed by atoms with Gasteiger partial charge in [0.2, 0.25) is 36.0 Å². The second-order valence-corrected chi connectivity index (χ2v) is 19.8. The first-order valence-corrected chi connectivity index (χ1v) is 25.2. The highest BCUT2D eigenvalue weighted by atomic mass is 19.4. The maximum Gasteiger partial charge on any atom is 0.423 e. The molecule has 0 radical (unpaired) electrons. The Morgan fingerprint density at radius 2 is 1.55 bits per heavy atom. The minimum Gasteiger partial charge on any atom is -0.469 e. The highest BCUT2D eigenvalue weighted by Gasteiger charge is 2.46. The van der Waals surface area contributed by atoms with Gasteiger partial charge in [-0.1, -0.05) is 12.1 Å². The number of ether oxygens (including phenoxy) is 3. The molecule has 2 N–H and O–H groups in total. The minimum absolute atomic E-state index is 0.00939. The molecule has 1 aliphatic carbocycles. The lowest BCUT2D eigenvalue weighted by atomic mass is 9.89. The van der Waals surface area contributed by atoms with E-state index < -0.39 is 78.0 Å². The zero-order valence-electron chi connectivity index (χ0n) is 40.6. The fourth-order valence-corrected chi connectivity index (χ4v) is 10.7. The van der Waals surface area contributed by atoms with Crippen molar-refractivity contribution in [3.8, 4) is 23.0 Å². The molecule has 5 fully saturated rings. The number of hydrogen-bond acceptors (Lipinski definition) is 15. The number of anilines is 3. The number of carbonyl (C=O) groups is 5. The number of hydrogen-bond donors (Lipinski definition) is 2. The van der Waals surface area contributed by atoms with Gasteiger partial charge < -0.3 is 29.3 Å². The monoisotopic (exact) mass is 1050 g/mol. The zero-order chi connectivity index (χ0) is 52.5. The van der Waals surface area contributed by atoms with E-state index in [-0.39, 0.29) is 79.4 Å². The predicted molar refractivity (Wildman–Crippen MR) is 256 cm³/mol. The number of halogens is 6. The number of benzene rings is 2. The molecule has 1 saturated carbocycles. The first-order chi connectivity index (χ1) is 36.0. The van der Waals surface area contributed by atoms with Crippen molar-refractivity contribution >= 4 is 46.9 Å². The van der Waals surface area contributed by atoms with Crippen molar-refractivity contribution in [2.24, 2.45) is 5.92 Å². The molecule has 4 aromatic rings. The molecule has 10 rings (SSSR count). The fourth-order valence-electron chi connectivity index (χ4n) is 10.7. The van der Waals surface area contributed by atoms with Gasteiger partial charge >= 0.3 is 12.2 Å². The van der Waals surface area contributed by atoms with E-state index in [4.69, 9.17) is 14.2 Å². The van der Waals surface area contributed by atoms with Crippen LogP contribution in [0.4, 0.5) is 43.7 Å². The van der Waals surface area contributed by atoms with Crippen LogP contribution in [0.25, 0.3) is 11.1 Å². The number of aromatic nitrogens is 4. The fraction of sp³-hybridized carbons (Fsp3) is 0.510. The molecule has 2 atom stereocenters. The van der Waals surface area contributed by atoms with Gasteiger partial charge in [-0.2, -0.15) is 18.2 Å². The maximum absolute atomic E-state index is 15.5. The van der Waals surface area contributed by atoms with Crippen LogP contribution in [-0.2, 0) is 25.3 Å². The normalized spacial score (nSPS) is 22.8. The van der Waals surface area contributed by atoms with Gasteiger partial charge in [-0.15, -0.1) is 0 Å². The maximum atomic E-state index is 15.5. The average Bonchev–Trinajstić information content (AvgIpc) is 3.91. The minimum atomic E-state index is -4.72. The van der Waals surface area contributed by atoms with Crippen molar-refractivity contribution in [1.29, 1.82) is 0 Å². The number of nitrogens with one attached hydrogen (secondary N) is 2. The summed E-state index contributed by atoms with van der Waals surface area (Å²) >= 11 is 0. The van der Waals surface area contributed by atoms with E-state index in [1.54, 1.807) is 41.6 Å². The van der Waals surface area contributed by atoms with Crippen molar-refractivity contribution in [2.45, 2.75) is 114 Å². The highest BCUT2D eigenvalue weighted by molar-refractivity contribution is 6.23. The van der Waals surface area contributed by atoms with Crippen LogP contribution in [0.15, 0.2) is 55.0 Å². The van der Waals surface area contributed by atoms with E-state index in [0.717, 1.165) is 48.9 Å². The van der Waals surface area contributed by atoms with E-state index in [0.29, 0.717) is 68.7 Å². The number of piperidine rings is 2. The van der Waals surface area contributed by atoms with Crippen LogP contribution in [-0.4, -0.2) is 142 Å². The standard InChI is InChI=1S/C51H54F6N10O8/c52-39-19-36-37(48(72)67(47(36)71)40-9-11-43(68)62-45(40)70)20-41(39)65-17-13-28(14-18-65)24-64-16-15-34(25-64)75-50-59-21-30(22-60-50)29-1-5-32(6-2-29)66(44(69)12-10-42(53)54)33-7-3-31(4-8-33)61-49-58-23-38(51(55,56)57)46(63-49)74-35-26-73-27-35/h1-2,5-6,19-23,28,31,33-35,40,42H,3-4,7-18,24-27H2,(H,58,61,63)(H,62,68,70)/t31?,33?,34-,40-/m1/s1. The highest BCUT2D eigenvalue weighted by Crippen LogP contribution is 2.38. The van der Waals surface area contributed by atoms with Crippen molar-refractivity contribution in [1.82, 2.24) is 35.1 Å². The van der Waals surface area contributed by atoms with Gasteiger partial charge in [-0.25, -0.2) is 28.1 Å². The summed E-state index contributed by atoms with van der Waals surface area (Å²) in [6.07, 6.45) is -0.794. The van der Waals surface area contributed by atoms with Crippen LogP contribution < -0.4 is 29.9 Å². The molecule has 4 saturated heterocycles. The Balaban J connectivity index is 0.700. The molecule has 7 heterocycles. The van der Waals surface area contributed by atoms with E-state index in [1.807, 2.05) is 4.90 Å². The third-order valence-corrected chi connectivity index (χ3v) is 14.8. The molecular formula is C51H54F6N10O8. The van der Waals surface area contributed by atoms with E-state index in [1.165, 1.54) is 6.07 Å². The Labute approximate surface area is 426 Å². The first-order valence-electron chi connectivity index (χ1n) is 25.2. The molecule has 0 spiro atoms. The van der Waals surface area contributed by atoms with Gasteiger partial charge in [-0.05, 0) is 87.1 Å². The van der Waals surface area contributed by atoms with Crippen molar-refractivity contribution in [2.75, 3.05) is 61.1 Å². The van der Waals surface area contributed by atoms with E-state index >= 15 is 4.39 Å². The second-order valence-electron chi connectivity index (χ2n) is 19.8. The lowest BCUT2D eigenvalue weighted by molar-refractivity contribution is -0.143. The number of carbonyl (C=O) groups excluding carboxylic acids is 5. The van der Waals surface area contributed by atoms with Gasteiger partial charge in [0.15, 0.2) is 0 Å². The van der Waals surface area contributed by atoms with Gasteiger partial charge in [0.05, 0.1) is 30.0 Å². The number of alkyl halides is 5. The van der Waals surface area contributed by atoms with Crippen LogP contribution in [0, 0.1) is 11.7 Å². The third kappa shape index (κ3) is 11.5. The zero-order valence-corrected chi connectivity index (χ0v) is 40.6. The number of imide groups is 2. The second kappa shape index (κ2) is 21.7. The van der Waals surface area contributed by atoms with Crippen molar-refractivity contribution in [3.05, 3.63) is 77.5 Å². The number of amides is 5. The Morgan fingerprint density at radius 3 is 2.20 bits per heavy atom. The SMILES string of the molecule is O=C1CC[C@@H](N2C(=O)c3cc(F)c(N4CCC(CN5CC[C@@H](Oc6ncc(-c7ccc(N(C(=O)CCC(F)F)C8CCC(Nc9ncc(C(F)(F)F)c(OC%10COC%10)n9)CC8)cc7)cn6)C5)CC4)cc3C2=O)C(=O)N1. The molecule has 2 aromatic heterocycles. The van der Waals surface area contributed by atoms with Crippen LogP contribution in [0.3, 0.4) is 0 Å². The summed E-state index contributed by atoms with van der Waals surface area (Å²) in [6, 6.07) is 8.09. The molecule has 75 heavy (non-hydrogen) atoms. The van der Waals surface area contributed by atoms with E-state index in [2.05, 4.69) is 35.5 Å². The van der Waals surface area contributed by atoms with Crippen molar-refractivity contribution < 1.29 is 64.5 Å². The molecule has 18 nitrogen and oxygen atoms in total. The summed E-state index contributed by atoms with van der Waals surface area (Å²) in [7, 11) is 0. The van der Waals surface area contributed by atoms with Gasteiger partial charge in [0.25, 0.3) is 11.8 Å². The number of likely N-dealkylation sites (tertiary alicyclic amines) is 1. The smallest absolute Gasteiger partial charge is 0.423 e. The number of nitrogens with zero attached hydrogens (tertiary/aromatic N) is 8. The van der Waals surface area contributed by atoms with Crippen LogP contribution in [0.2, 0.25) is 0 Å². The van der Waals surface area contributed by atoms with Crippen LogP contribution in [0.1, 0.15) is 96.9 Å². The van der Waals surface area contributed by atoms with Crippen molar-refractivity contribution in [3.63, 3.8) is 0 Å². The Kier molecular flexibility index (Phi) is 14.9. The topological polar surface area (TPSA) is 202 Å². The number of fused-ring (bicyclic) bond motifs is 1. The molecule has 5 aliphatic heterocycles. The summed E-state index contributed by atoms with van der Waals surface area (Å²) in [5.74, 6) is -4.00. The van der Waals surface area contributed by atoms with Crippen LogP contribution >= 0.6 is 0 Å². The lowest BCUT2D eigenvalue weighted by Gasteiger charge is -2.37. The van der Waals surface area contributed by atoms with Gasteiger partial charge in [0.1, 0.15) is 29.6 Å². The number of rotatable bonds is 16. The average molecular weight is 1050 g/mol. The molecule has 24 heteroatoms. The summed E-state index contributed by atoms with van der Waals surface area (Å²) in [5, 5.41) is 5.27. The predicted octanol–water partition coefficient (Wildman–Crippen LogP) is 6.44. The Bertz CT molecular complexity index is 2790. The molecule has 398 valence electrons. The summed E-state index contributed by atoms with van der Waals surface area (Å²) < 4.78 is 99.8. The molecule has 2 aromatic carbocycles. The third-order valence-electron chi connectivity index (χ3n) is 14.8. The molecule has 0 unspecified atom stereocenters.